The van der Waals surface area contributed by atoms with Gasteiger partial charge in [-0.2, -0.15) is 30.4 Å². The summed E-state index contributed by atoms with van der Waals surface area (Å²) >= 11 is 0. The Morgan fingerprint density at radius 2 is 1.50 bits per heavy atom. The zero-order valence-corrected chi connectivity index (χ0v) is 14.2. The van der Waals surface area contributed by atoms with E-state index >= 15 is 0 Å². The molecular weight excluding hydrogens is 396 g/mol. The summed E-state index contributed by atoms with van der Waals surface area (Å²) in [5.74, 6) is -17.6. The molecule has 0 saturated heterocycles. The molecule has 136 valence electrons. The number of esters is 1. The van der Waals surface area contributed by atoms with Crippen molar-refractivity contribution in [3.8, 4) is 0 Å². The van der Waals surface area contributed by atoms with Gasteiger partial charge in [0, 0.05) is 12.4 Å². The molecule has 2 unspecified atom stereocenters. The maximum absolute atomic E-state index is 12.9. The van der Waals surface area contributed by atoms with Crippen molar-refractivity contribution in [2.45, 2.75) is 36.3 Å². The monoisotopic (exact) mass is 402 g/mol. The molecule has 0 aliphatic rings. The van der Waals surface area contributed by atoms with Gasteiger partial charge >= 0.3 is 60.2 Å². The second-order valence-electron chi connectivity index (χ2n) is 3.88. The Balaban J connectivity index is 0. The summed E-state index contributed by atoms with van der Waals surface area (Å²) in [5, 5.41) is 6.94. The van der Waals surface area contributed by atoms with E-state index in [2.05, 4.69) is 4.74 Å². The predicted molar refractivity (Wildman–Crippen MR) is 51.8 cm³/mol. The van der Waals surface area contributed by atoms with Crippen LogP contribution in [0.25, 0.3) is 0 Å². The van der Waals surface area contributed by atoms with Gasteiger partial charge in [-0.25, -0.2) is 8.78 Å². The van der Waals surface area contributed by atoms with Gasteiger partial charge in [-0.05, 0) is 0 Å². The molecule has 0 bridgehead atoms. The molecule has 7 nitrogen and oxygen atoms in total. The van der Waals surface area contributed by atoms with Crippen LogP contribution in [0.5, 0.6) is 0 Å². The van der Waals surface area contributed by atoms with E-state index in [9.17, 15) is 53.8 Å². The van der Waals surface area contributed by atoms with Crippen LogP contribution in [0.4, 0.5) is 30.7 Å². The summed E-state index contributed by atoms with van der Waals surface area (Å²) in [6.07, 6.45) is -11.7. The van der Waals surface area contributed by atoms with Crippen molar-refractivity contribution in [1.29, 1.82) is 0 Å². The van der Waals surface area contributed by atoms with Gasteiger partial charge in [0.05, 0.1) is 0 Å². The SMILES string of the molecule is O=C([O-])CC(C(=O)OC(F)C(F)(F)C(F)(F)C(F)F)S(=O)(=O)O.[Na+]. The molecule has 0 aromatic heterocycles. The third kappa shape index (κ3) is 6.02. The third-order valence-corrected chi connectivity index (χ3v) is 3.28. The molecule has 0 aliphatic carbocycles. The zero-order valence-electron chi connectivity index (χ0n) is 11.4. The van der Waals surface area contributed by atoms with Gasteiger partial charge in [-0.1, -0.05) is 0 Å². The van der Waals surface area contributed by atoms with Gasteiger partial charge in [-0.15, -0.1) is 0 Å². The number of ether oxygens (including phenoxy) is 1. The second-order valence-corrected chi connectivity index (χ2v) is 5.48. The van der Waals surface area contributed by atoms with Crippen LogP contribution in [0.2, 0.25) is 0 Å². The maximum Gasteiger partial charge on any atom is 1.00 e. The van der Waals surface area contributed by atoms with Gasteiger partial charge in [0.25, 0.3) is 10.1 Å². The molecule has 0 heterocycles. The molecule has 0 rings (SSSR count). The van der Waals surface area contributed by atoms with Crippen molar-refractivity contribution in [2.24, 2.45) is 0 Å². The number of alkyl halides is 7. The summed E-state index contributed by atoms with van der Waals surface area (Å²) < 4.78 is 120. The van der Waals surface area contributed by atoms with E-state index < -0.39 is 58.4 Å². The topological polar surface area (TPSA) is 121 Å². The van der Waals surface area contributed by atoms with Crippen LogP contribution < -0.4 is 34.7 Å². The normalized spacial score (nSPS) is 15.4. The van der Waals surface area contributed by atoms with E-state index in [1.807, 2.05) is 0 Å². The average Bonchev–Trinajstić information content (AvgIpc) is 2.33. The van der Waals surface area contributed by atoms with E-state index in [0.717, 1.165) is 0 Å². The van der Waals surface area contributed by atoms with Crippen LogP contribution in [0.3, 0.4) is 0 Å². The average molecular weight is 402 g/mol. The Morgan fingerprint density at radius 3 is 1.79 bits per heavy atom. The smallest absolute Gasteiger partial charge is 0.550 e. The maximum atomic E-state index is 12.9. The Bertz CT molecular complexity index is 567. The molecule has 24 heavy (non-hydrogen) atoms. The van der Waals surface area contributed by atoms with Crippen molar-refractivity contribution in [3.63, 3.8) is 0 Å². The minimum Gasteiger partial charge on any atom is -0.550 e. The Morgan fingerprint density at radius 1 is 1.08 bits per heavy atom. The van der Waals surface area contributed by atoms with Crippen molar-refractivity contribution < 1.29 is 92.7 Å². The van der Waals surface area contributed by atoms with Crippen LogP contribution in [0.1, 0.15) is 6.42 Å². The minimum atomic E-state index is -6.30. The number of carboxylic acids is 1. The molecule has 2 atom stereocenters. The van der Waals surface area contributed by atoms with Gasteiger partial charge in [0.2, 0.25) is 0 Å². The first-order valence-electron chi connectivity index (χ1n) is 5.09. The molecule has 0 aliphatic heterocycles. The molecule has 0 fully saturated rings. The first-order chi connectivity index (χ1) is 10.0. The number of hydrogen-bond acceptors (Lipinski definition) is 6. The zero-order chi connectivity index (χ0) is 18.8. The molecule has 1 N–H and O–H groups in total. The number of rotatable bonds is 8. The first-order valence-corrected chi connectivity index (χ1v) is 6.60. The third-order valence-electron chi connectivity index (χ3n) is 2.20. The van der Waals surface area contributed by atoms with Crippen molar-refractivity contribution in [1.82, 2.24) is 0 Å². The summed E-state index contributed by atoms with van der Waals surface area (Å²) in [6.45, 7) is 0. The molecule has 0 amide bonds. The second kappa shape index (κ2) is 8.64. The predicted octanol–water partition coefficient (Wildman–Crippen LogP) is -3.24. The van der Waals surface area contributed by atoms with Gasteiger partial charge < -0.3 is 14.6 Å². The molecule has 0 spiro atoms. The van der Waals surface area contributed by atoms with E-state index in [1.165, 1.54) is 0 Å². The Kier molecular flexibility index (Phi) is 9.22. The van der Waals surface area contributed by atoms with Gasteiger partial charge in [-0.3, -0.25) is 9.35 Å². The summed E-state index contributed by atoms with van der Waals surface area (Å²) in [5.41, 5.74) is 0. The molecule has 0 radical (unpaired) electrons. The molecule has 0 aromatic rings. The van der Waals surface area contributed by atoms with Crippen LogP contribution in [-0.2, 0) is 24.4 Å². The quantitative estimate of drug-likeness (QED) is 0.196. The fourth-order valence-corrected chi connectivity index (χ4v) is 1.66. The molecule has 0 aromatic carbocycles. The van der Waals surface area contributed by atoms with Crippen LogP contribution in [0, 0.1) is 0 Å². The summed E-state index contributed by atoms with van der Waals surface area (Å²) in [7, 11) is -5.64. The first kappa shape index (κ1) is 25.6. The van der Waals surface area contributed by atoms with E-state index in [4.69, 9.17) is 4.55 Å². The number of halogens is 7. The molecule has 16 heteroatoms. The van der Waals surface area contributed by atoms with Crippen LogP contribution in [0.15, 0.2) is 0 Å². The van der Waals surface area contributed by atoms with Crippen molar-refractivity contribution >= 4 is 22.1 Å². The fraction of sp³-hybridized carbons (Fsp3) is 0.750. The minimum absolute atomic E-state index is 0. The molecular formula is C8H6F7NaO7S. The standard InChI is InChI=1S/C8H7F7O7S.Na/c9-5(10)7(12,13)8(14,15)6(11)22-4(18)2(1-3(16)17)23(19,20)21;/h2,5-6H,1H2,(H,16,17)(H,19,20,21);/q;+1/p-1. The number of carbonyl (C=O) groups excluding carboxylic acids is 2. The fourth-order valence-electron chi connectivity index (χ4n) is 1.01. The number of hydrogen-bond donors (Lipinski definition) is 1. The van der Waals surface area contributed by atoms with Gasteiger partial charge in [0.1, 0.15) is 0 Å². The van der Waals surface area contributed by atoms with Gasteiger partial charge in [0.15, 0.2) is 5.25 Å². The van der Waals surface area contributed by atoms with Crippen LogP contribution in [-0.4, -0.2) is 54.8 Å². The Labute approximate surface area is 151 Å². The van der Waals surface area contributed by atoms with E-state index in [0.29, 0.717) is 0 Å². The molecule has 0 saturated carbocycles. The number of aliphatic carboxylic acids is 1. The van der Waals surface area contributed by atoms with Crippen molar-refractivity contribution in [3.05, 3.63) is 0 Å². The number of carboxylic acid groups (broad SMARTS) is 1. The van der Waals surface area contributed by atoms with Crippen LogP contribution >= 0.6 is 0 Å². The summed E-state index contributed by atoms with van der Waals surface area (Å²) in [6, 6.07) is 0. The summed E-state index contributed by atoms with van der Waals surface area (Å²) in [4.78, 5) is 21.2. The van der Waals surface area contributed by atoms with Crippen molar-refractivity contribution in [2.75, 3.05) is 0 Å². The van der Waals surface area contributed by atoms with E-state index in [-0.39, 0.29) is 29.6 Å². The Hall–Kier alpha value is -0.640. The number of carbonyl (C=O) groups is 2. The van der Waals surface area contributed by atoms with E-state index in [1.54, 1.807) is 0 Å². The largest absolute Gasteiger partial charge is 1.00 e.